The molecule has 1 heterocycles. The van der Waals surface area contributed by atoms with Gasteiger partial charge in [0.2, 0.25) is 0 Å². The fourth-order valence-electron chi connectivity index (χ4n) is 2.24. The van der Waals surface area contributed by atoms with Crippen molar-refractivity contribution < 1.29 is 10.2 Å². The van der Waals surface area contributed by atoms with Crippen LogP contribution in [0.1, 0.15) is 18.9 Å². The molecule has 0 aliphatic carbocycles. The Balaban J connectivity index is 2.03. The summed E-state index contributed by atoms with van der Waals surface area (Å²) < 4.78 is 0. The Bertz CT molecular complexity index is 569. The summed E-state index contributed by atoms with van der Waals surface area (Å²) in [5, 5.41) is 19.3. The molecule has 1 aliphatic heterocycles. The van der Waals surface area contributed by atoms with Crippen LogP contribution in [0, 0.1) is 0 Å². The lowest BCUT2D eigenvalue weighted by Crippen LogP contribution is -2.32. The van der Waals surface area contributed by atoms with Gasteiger partial charge < -0.3 is 20.8 Å². The van der Waals surface area contributed by atoms with Crippen molar-refractivity contribution in [2.45, 2.75) is 25.8 Å². The Morgan fingerprint density at radius 2 is 2.14 bits per heavy atom. The van der Waals surface area contributed by atoms with Gasteiger partial charge in [-0.05, 0) is 25.0 Å². The van der Waals surface area contributed by atoms with Crippen LogP contribution in [0.15, 0.2) is 28.2 Å². The number of phenolic OH excluding ortho intramolecular Hbond substituents is 2. The molecule has 6 heteroatoms. The number of hydrogen-bond donors (Lipinski definition) is 3. The predicted octanol–water partition coefficient (Wildman–Crippen LogP) is 1.12. The van der Waals surface area contributed by atoms with Crippen molar-refractivity contribution in [3.05, 3.63) is 23.8 Å². The molecule has 21 heavy (non-hydrogen) atoms. The van der Waals surface area contributed by atoms with E-state index < -0.39 is 0 Å². The molecule has 1 unspecified atom stereocenters. The van der Waals surface area contributed by atoms with Crippen molar-refractivity contribution in [3.63, 3.8) is 0 Å². The summed E-state index contributed by atoms with van der Waals surface area (Å²) in [7, 11) is 1.95. The average molecular weight is 290 g/mol. The Kier molecular flexibility index (Phi) is 4.67. The molecule has 1 aliphatic rings. The van der Waals surface area contributed by atoms with Gasteiger partial charge in [0, 0.05) is 13.6 Å². The smallest absolute Gasteiger partial charge is 0.160 e. The molecule has 0 spiro atoms. The van der Waals surface area contributed by atoms with Crippen LogP contribution in [-0.2, 0) is 6.42 Å². The molecule has 6 nitrogen and oxygen atoms in total. The number of rotatable bonds is 3. The molecule has 0 amide bonds. The quantitative estimate of drug-likeness (QED) is 0.727. The van der Waals surface area contributed by atoms with E-state index in [-0.39, 0.29) is 17.5 Å². The topological polar surface area (TPSA) is 94.4 Å². The summed E-state index contributed by atoms with van der Waals surface area (Å²) in [4.78, 5) is 10.9. The van der Waals surface area contributed by atoms with Crippen LogP contribution in [-0.4, -0.2) is 53.0 Å². The summed E-state index contributed by atoms with van der Waals surface area (Å²) in [6.07, 6.45) is 1.16. The Morgan fingerprint density at radius 3 is 2.90 bits per heavy atom. The van der Waals surface area contributed by atoms with Gasteiger partial charge in [0.15, 0.2) is 11.5 Å². The number of likely N-dealkylation sites (N-methyl/N-ethyl adjacent to an activating group) is 1. The Morgan fingerprint density at radius 1 is 1.38 bits per heavy atom. The largest absolute Gasteiger partial charge is 0.504 e. The summed E-state index contributed by atoms with van der Waals surface area (Å²) in [6.45, 7) is 3.31. The van der Waals surface area contributed by atoms with Gasteiger partial charge in [-0.15, -0.1) is 0 Å². The van der Waals surface area contributed by atoms with E-state index in [2.05, 4.69) is 9.98 Å². The van der Waals surface area contributed by atoms with Crippen LogP contribution in [0.5, 0.6) is 11.5 Å². The second-order valence-corrected chi connectivity index (χ2v) is 5.36. The van der Waals surface area contributed by atoms with Crippen molar-refractivity contribution in [2.24, 2.45) is 15.7 Å². The fraction of sp³-hybridized carbons (Fsp3) is 0.467. The number of phenols is 2. The maximum atomic E-state index is 9.81. The molecular formula is C15H22N4O2. The zero-order valence-electron chi connectivity index (χ0n) is 12.5. The van der Waals surface area contributed by atoms with Gasteiger partial charge in [-0.25, -0.2) is 0 Å². The van der Waals surface area contributed by atoms with Gasteiger partial charge in [0.05, 0.1) is 19.0 Å². The minimum Gasteiger partial charge on any atom is -0.504 e. The predicted molar refractivity (Wildman–Crippen MR) is 84.1 cm³/mol. The maximum Gasteiger partial charge on any atom is 0.160 e. The first-order chi connectivity index (χ1) is 9.97. The van der Waals surface area contributed by atoms with Gasteiger partial charge in [-0.1, -0.05) is 12.1 Å². The van der Waals surface area contributed by atoms with Crippen molar-refractivity contribution in [1.82, 2.24) is 4.90 Å². The summed E-state index contributed by atoms with van der Waals surface area (Å²) in [6, 6.07) is 5.12. The third-order valence-electron chi connectivity index (χ3n) is 3.52. The molecule has 2 rings (SSSR count). The van der Waals surface area contributed by atoms with E-state index in [0.717, 1.165) is 5.84 Å². The van der Waals surface area contributed by atoms with Gasteiger partial charge in [-0.3, -0.25) is 9.98 Å². The highest BCUT2D eigenvalue weighted by atomic mass is 16.3. The highest BCUT2D eigenvalue weighted by Gasteiger charge is 2.15. The summed E-state index contributed by atoms with van der Waals surface area (Å²) >= 11 is 0. The molecule has 1 aromatic rings. The van der Waals surface area contributed by atoms with E-state index in [1.807, 2.05) is 18.9 Å². The van der Waals surface area contributed by atoms with Crippen LogP contribution in [0.2, 0.25) is 0 Å². The first-order valence-corrected chi connectivity index (χ1v) is 7.03. The minimum atomic E-state index is -0.0908. The number of aromatic hydroxyl groups is 2. The highest BCUT2D eigenvalue weighted by molar-refractivity contribution is 6.02. The van der Waals surface area contributed by atoms with Crippen molar-refractivity contribution in [2.75, 3.05) is 20.1 Å². The maximum absolute atomic E-state index is 9.81. The van der Waals surface area contributed by atoms with Crippen LogP contribution >= 0.6 is 0 Å². The number of para-hydroxylation sites is 1. The van der Waals surface area contributed by atoms with Gasteiger partial charge >= 0.3 is 0 Å². The van der Waals surface area contributed by atoms with E-state index in [9.17, 15) is 10.2 Å². The fourth-order valence-corrected chi connectivity index (χ4v) is 2.24. The monoisotopic (exact) mass is 290 g/mol. The molecule has 0 bridgehead atoms. The lowest BCUT2D eigenvalue weighted by molar-refractivity contribution is 0.396. The zero-order chi connectivity index (χ0) is 15.4. The number of nitrogens with zero attached hydrogens (tertiary/aromatic N) is 3. The third-order valence-corrected chi connectivity index (χ3v) is 3.52. The first-order valence-electron chi connectivity index (χ1n) is 7.03. The number of aliphatic imine (C=N–C) groups is 2. The van der Waals surface area contributed by atoms with E-state index >= 15 is 0 Å². The Hall–Kier alpha value is -2.24. The van der Waals surface area contributed by atoms with E-state index in [1.54, 1.807) is 12.1 Å². The summed E-state index contributed by atoms with van der Waals surface area (Å²) in [5.74, 6) is 1.36. The van der Waals surface area contributed by atoms with Crippen LogP contribution in [0.25, 0.3) is 0 Å². The second-order valence-electron chi connectivity index (χ2n) is 5.36. The number of amidine groups is 2. The van der Waals surface area contributed by atoms with Gasteiger partial charge in [-0.2, -0.15) is 0 Å². The van der Waals surface area contributed by atoms with Crippen molar-refractivity contribution in [1.29, 1.82) is 0 Å². The first kappa shape index (κ1) is 15.2. The van der Waals surface area contributed by atoms with Crippen molar-refractivity contribution >= 4 is 11.7 Å². The highest BCUT2D eigenvalue weighted by Crippen LogP contribution is 2.28. The van der Waals surface area contributed by atoms with Crippen molar-refractivity contribution in [3.8, 4) is 11.5 Å². The van der Waals surface area contributed by atoms with Crippen LogP contribution in [0.3, 0.4) is 0 Å². The van der Waals surface area contributed by atoms with E-state index in [0.29, 0.717) is 37.3 Å². The lowest BCUT2D eigenvalue weighted by Gasteiger charge is -2.21. The molecule has 0 aromatic heterocycles. The Labute approximate surface area is 124 Å². The molecule has 0 fully saturated rings. The zero-order valence-corrected chi connectivity index (χ0v) is 12.5. The standard InChI is InChI=1S/C15H22N4O2/c1-10-9-17-13(16)8-14(18-10)19(2)7-6-11-4-3-5-12(20)15(11)21/h3-5,10,20-21H,6-9H2,1-2H3,(H2,16,17). The van der Waals surface area contributed by atoms with E-state index in [1.165, 1.54) is 6.07 Å². The molecule has 114 valence electrons. The summed E-state index contributed by atoms with van der Waals surface area (Å²) in [5.41, 5.74) is 6.56. The van der Waals surface area contributed by atoms with E-state index in [4.69, 9.17) is 5.73 Å². The van der Waals surface area contributed by atoms with Crippen LogP contribution < -0.4 is 5.73 Å². The number of hydrogen-bond acceptors (Lipinski definition) is 6. The minimum absolute atomic E-state index is 0.0526. The average Bonchev–Trinajstić information content (AvgIpc) is 2.62. The normalized spacial score (nSPS) is 18.7. The molecule has 0 saturated heterocycles. The number of benzene rings is 1. The SMILES string of the molecule is CC1CN=C(N)CC(N(C)CCc2cccc(O)c2O)=N1. The van der Waals surface area contributed by atoms with Gasteiger partial charge in [0.25, 0.3) is 0 Å². The van der Waals surface area contributed by atoms with Crippen LogP contribution in [0.4, 0.5) is 0 Å². The van der Waals surface area contributed by atoms with Gasteiger partial charge in [0.1, 0.15) is 11.7 Å². The number of nitrogens with two attached hydrogens (primary N) is 1. The lowest BCUT2D eigenvalue weighted by atomic mass is 10.1. The third kappa shape index (κ3) is 3.87. The molecule has 0 saturated carbocycles. The molecule has 1 aromatic carbocycles. The molecular weight excluding hydrogens is 268 g/mol. The molecule has 1 atom stereocenters. The molecule has 4 N–H and O–H groups in total. The molecule has 0 radical (unpaired) electrons. The second kappa shape index (κ2) is 6.47.